The molecule has 0 amide bonds. The van der Waals surface area contributed by atoms with E-state index in [1.807, 2.05) is 0 Å². The van der Waals surface area contributed by atoms with Crippen molar-refractivity contribution in [2.75, 3.05) is 0 Å². The molecule has 1 unspecified atom stereocenters. The molecule has 1 atom stereocenters. The van der Waals surface area contributed by atoms with Crippen molar-refractivity contribution >= 4 is 11.0 Å². The molecule has 0 aliphatic carbocycles. The highest BCUT2D eigenvalue weighted by atomic mass is 19.4. The minimum absolute atomic E-state index is 0.113. The molecule has 0 saturated heterocycles. The summed E-state index contributed by atoms with van der Waals surface area (Å²) >= 11 is 0. The first kappa shape index (κ1) is 18.9. The molecular formula is C19H15F3N4O3. The van der Waals surface area contributed by atoms with E-state index in [4.69, 9.17) is 4.42 Å². The molecule has 1 aromatic carbocycles. The average molecular weight is 404 g/mol. The number of aromatic nitrogens is 4. The summed E-state index contributed by atoms with van der Waals surface area (Å²) in [5.74, 6) is 0.516. The third kappa shape index (κ3) is 3.31. The van der Waals surface area contributed by atoms with Gasteiger partial charge in [0.15, 0.2) is 17.2 Å². The number of aliphatic hydroxyl groups excluding tert-OH is 1. The van der Waals surface area contributed by atoms with Gasteiger partial charge in [-0.3, -0.25) is 4.79 Å². The third-order valence-corrected chi connectivity index (χ3v) is 4.63. The Morgan fingerprint density at radius 2 is 1.97 bits per heavy atom. The predicted octanol–water partition coefficient (Wildman–Crippen LogP) is 3.50. The maximum atomic E-state index is 12.8. The van der Waals surface area contributed by atoms with Gasteiger partial charge in [-0.05, 0) is 36.8 Å². The minimum Gasteiger partial charge on any atom is -0.461 e. The van der Waals surface area contributed by atoms with Gasteiger partial charge >= 0.3 is 6.18 Å². The Balaban J connectivity index is 1.85. The van der Waals surface area contributed by atoms with Crippen molar-refractivity contribution in [1.29, 1.82) is 0 Å². The van der Waals surface area contributed by atoms with Crippen molar-refractivity contribution in [3.05, 3.63) is 69.8 Å². The molecule has 2 N–H and O–H groups in total. The van der Waals surface area contributed by atoms with Gasteiger partial charge in [0, 0.05) is 0 Å². The normalized spacial score (nSPS) is 13.1. The van der Waals surface area contributed by atoms with Crippen molar-refractivity contribution in [3.8, 4) is 11.6 Å². The monoisotopic (exact) mass is 404 g/mol. The van der Waals surface area contributed by atoms with Gasteiger partial charge in [0.1, 0.15) is 11.1 Å². The molecule has 0 aliphatic heterocycles. The van der Waals surface area contributed by atoms with Gasteiger partial charge in [0.2, 0.25) is 0 Å². The number of halogens is 3. The fourth-order valence-corrected chi connectivity index (χ4v) is 3.12. The van der Waals surface area contributed by atoms with Crippen LogP contribution in [0.25, 0.3) is 22.6 Å². The van der Waals surface area contributed by atoms with E-state index in [1.165, 1.54) is 23.1 Å². The van der Waals surface area contributed by atoms with Crippen LogP contribution in [0, 0.1) is 0 Å². The second kappa shape index (κ2) is 6.89. The Bertz CT molecular complexity index is 1210. The predicted molar refractivity (Wildman–Crippen MR) is 97.0 cm³/mol. The van der Waals surface area contributed by atoms with Gasteiger partial charge in [-0.1, -0.05) is 12.1 Å². The molecule has 0 radical (unpaired) electrons. The van der Waals surface area contributed by atoms with E-state index in [2.05, 4.69) is 15.1 Å². The average Bonchev–Trinajstić information content (AvgIpc) is 3.35. The molecule has 10 heteroatoms. The first-order valence-electron chi connectivity index (χ1n) is 8.63. The molecule has 150 valence electrons. The van der Waals surface area contributed by atoms with E-state index in [0.717, 1.165) is 12.1 Å². The van der Waals surface area contributed by atoms with Crippen molar-refractivity contribution in [1.82, 2.24) is 19.7 Å². The Morgan fingerprint density at radius 1 is 1.24 bits per heavy atom. The molecule has 4 aromatic rings. The summed E-state index contributed by atoms with van der Waals surface area (Å²) in [4.78, 5) is 19.6. The number of hydrogen-bond acceptors (Lipinski definition) is 5. The lowest BCUT2D eigenvalue weighted by molar-refractivity contribution is -0.137. The van der Waals surface area contributed by atoms with Gasteiger partial charge in [0.05, 0.1) is 24.5 Å². The molecule has 3 heterocycles. The van der Waals surface area contributed by atoms with Crippen LogP contribution in [0.1, 0.15) is 29.8 Å². The van der Waals surface area contributed by atoms with E-state index >= 15 is 0 Å². The van der Waals surface area contributed by atoms with Gasteiger partial charge in [-0.25, -0.2) is 9.67 Å². The van der Waals surface area contributed by atoms with Crippen LogP contribution in [0.15, 0.2) is 51.9 Å². The molecule has 0 fully saturated rings. The summed E-state index contributed by atoms with van der Waals surface area (Å²) in [5, 5.41) is 14.0. The Morgan fingerprint density at radius 3 is 2.55 bits per heavy atom. The molecule has 3 aromatic heterocycles. The zero-order valence-corrected chi connectivity index (χ0v) is 15.1. The second-order valence-corrected chi connectivity index (χ2v) is 6.44. The van der Waals surface area contributed by atoms with Crippen LogP contribution in [0.2, 0.25) is 0 Å². The van der Waals surface area contributed by atoms with Crippen molar-refractivity contribution in [2.45, 2.75) is 25.7 Å². The lowest BCUT2D eigenvalue weighted by Crippen LogP contribution is -2.13. The van der Waals surface area contributed by atoms with Crippen LogP contribution in [0.3, 0.4) is 0 Å². The molecule has 0 aliphatic rings. The fourth-order valence-electron chi connectivity index (χ4n) is 3.12. The van der Waals surface area contributed by atoms with Crippen LogP contribution >= 0.6 is 0 Å². The van der Waals surface area contributed by atoms with Crippen molar-refractivity contribution in [3.63, 3.8) is 0 Å². The van der Waals surface area contributed by atoms with Crippen LogP contribution in [0.5, 0.6) is 0 Å². The number of aliphatic hydroxyl groups is 1. The maximum absolute atomic E-state index is 12.8. The molecule has 4 rings (SSSR count). The molecule has 29 heavy (non-hydrogen) atoms. The smallest absolute Gasteiger partial charge is 0.416 e. The molecule has 0 saturated carbocycles. The second-order valence-electron chi connectivity index (χ2n) is 6.44. The van der Waals surface area contributed by atoms with E-state index < -0.39 is 29.9 Å². The zero-order chi connectivity index (χ0) is 20.8. The van der Waals surface area contributed by atoms with E-state index in [9.17, 15) is 23.1 Å². The third-order valence-electron chi connectivity index (χ3n) is 4.63. The summed E-state index contributed by atoms with van der Waals surface area (Å²) in [5.41, 5.74) is -0.413. The highest BCUT2D eigenvalue weighted by Crippen LogP contribution is 2.31. The standard InChI is InChI=1S/C19H15F3N4O3/c1-10(11-4-6-12(7-5-11)19(20,21)22)26-17-15(13(9-27)25-26)18(28)24-16(23-17)14-3-2-8-29-14/h2-8,10,27H,9H2,1H3,(H,23,24,28). The topological polar surface area (TPSA) is 96.9 Å². The lowest BCUT2D eigenvalue weighted by Gasteiger charge is -2.15. The zero-order valence-electron chi connectivity index (χ0n) is 15.1. The van der Waals surface area contributed by atoms with Crippen LogP contribution in [-0.4, -0.2) is 24.9 Å². The number of rotatable bonds is 4. The van der Waals surface area contributed by atoms with Crippen LogP contribution < -0.4 is 5.56 Å². The molecule has 7 nitrogen and oxygen atoms in total. The maximum Gasteiger partial charge on any atom is 0.416 e. The number of nitrogens with one attached hydrogen (secondary N) is 1. The largest absolute Gasteiger partial charge is 0.461 e. The van der Waals surface area contributed by atoms with Crippen molar-refractivity contribution in [2.24, 2.45) is 0 Å². The van der Waals surface area contributed by atoms with Crippen molar-refractivity contribution < 1.29 is 22.7 Å². The minimum atomic E-state index is -4.43. The molecule has 0 spiro atoms. The highest BCUT2D eigenvalue weighted by Gasteiger charge is 2.30. The summed E-state index contributed by atoms with van der Waals surface area (Å²) in [6.07, 6.45) is -3.00. The Labute approximate surface area is 161 Å². The van der Waals surface area contributed by atoms with Gasteiger partial charge < -0.3 is 14.5 Å². The fraction of sp³-hybridized carbons (Fsp3) is 0.211. The SMILES string of the molecule is CC(c1ccc(C(F)(F)F)cc1)n1nc(CO)c2c(=O)[nH]c(-c3ccco3)nc21. The molecule has 0 bridgehead atoms. The number of benzene rings is 1. The summed E-state index contributed by atoms with van der Waals surface area (Å²) < 4.78 is 45.1. The van der Waals surface area contributed by atoms with E-state index in [-0.39, 0.29) is 22.6 Å². The summed E-state index contributed by atoms with van der Waals surface area (Å²) in [7, 11) is 0. The van der Waals surface area contributed by atoms with E-state index in [1.54, 1.807) is 19.1 Å². The first-order chi connectivity index (χ1) is 13.8. The number of nitrogens with zero attached hydrogens (tertiary/aromatic N) is 3. The first-order valence-corrected chi connectivity index (χ1v) is 8.63. The van der Waals surface area contributed by atoms with Gasteiger partial charge in [-0.15, -0.1) is 0 Å². The van der Waals surface area contributed by atoms with E-state index in [0.29, 0.717) is 11.3 Å². The van der Waals surface area contributed by atoms with Crippen LogP contribution in [0.4, 0.5) is 13.2 Å². The highest BCUT2D eigenvalue weighted by molar-refractivity contribution is 5.79. The number of furan rings is 1. The quantitative estimate of drug-likeness (QED) is 0.543. The number of fused-ring (bicyclic) bond motifs is 1. The Kier molecular flexibility index (Phi) is 4.50. The molecular weight excluding hydrogens is 389 g/mol. The summed E-state index contributed by atoms with van der Waals surface area (Å²) in [6, 6.07) is 7.38. The number of H-pyrrole nitrogens is 1. The summed E-state index contributed by atoms with van der Waals surface area (Å²) in [6.45, 7) is 1.22. The van der Waals surface area contributed by atoms with Gasteiger partial charge in [0.25, 0.3) is 5.56 Å². The Hall–Kier alpha value is -3.40. The number of aromatic amines is 1. The van der Waals surface area contributed by atoms with Crippen LogP contribution in [-0.2, 0) is 12.8 Å². The van der Waals surface area contributed by atoms with Gasteiger partial charge in [-0.2, -0.15) is 18.3 Å². The number of hydrogen-bond donors (Lipinski definition) is 2. The number of alkyl halides is 3. The lowest BCUT2D eigenvalue weighted by atomic mass is 10.1.